The first-order valence-electron chi connectivity index (χ1n) is 6.53. The van der Waals surface area contributed by atoms with Gasteiger partial charge in [0.05, 0.1) is 6.10 Å². The molecule has 0 unspecified atom stereocenters. The van der Waals surface area contributed by atoms with Crippen LogP contribution >= 0.6 is 11.8 Å². The summed E-state index contributed by atoms with van der Waals surface area (Å²) in [5.41, 5.74) is 2.55. The SMILES string of the molecule is CSc1nc(NN)cc(NCC2CCC(O)CC2)n1. The lowest BCUT2D eigenvalue weighted by Gasteiger charge is -2.25. The molecule has 7 heteroatoms. The topological polar surface area (TPSA) is 96.1 Å². The summed E-state index contributed by atoms with van der Waals surface area (Å²) in [5.74, 6) is 7.40. The molecule has 0 amide bonds. The van der Waals surface area contributed by atoms with Crippen LogP contribution in [0, 0.1) is 5.92 Å². The summed E-state index contributed by atoms with van der Waals surface area (Å²) in [6.45, 7) is 0.877. The number of rotatable bonds is 5. The Labute approximate surface area is 117 Å². The van der Waals surface area contributed by atoms with Crippen molar-refractivity contribution in [2.45, 2.75) is 36.9 Å². The minimum Gasteiger partial charge on any atom is -0.393 e. The number of hydrogen-bond donors (Lipinski definition) is 4. The van der Waals surface area contributed by atoms with Gasteiger partial charge in [0.25, 0.3) is 0 Å². The van der Waals surface area contributed by atoms with E-state index in [4.69, 9.17) is 5.84 Å². The van der Waals surface area contributed by atoms with E-state index >= 15 is 0 Å². The summed E-state index contributed by atoms with van der Waals surface area (Å²) in [4.78, 5) is 8.61. The molecular weight excluding hydrogens is 262 g/mol. The fourth-order valence-electron chi connectivity index (χ4n) is 2.28. The normalized spacial score (nSPS) is 23.1. The third-order valence-electron chi connectivity index (χ3n) is 3.42. The van der Waals surface area contributed by atoms with E-state index in [9.17, 15) is 5.11 Å². The predicted octanol–water partition coefficient (Wildman–Crippen LogP) is 1.45. The highest BCUT2D eigenvalue weighted by Gasteiger charge is 2.19. The van der Waals surface area contributed by atoms with E-state index in [0.29, 0.717) is 16.9 Å². The van der Waals surface area contributed by atoms with Gasteiger partial charge in [0.1, 0.15) is 11.6 Å². The number of nitrogens with zero attached hydrogens (tertiary/aromatic N) is 2. The van der Waals surface area contributed by atoms with Gasteiger partial charge in [0.15, 0.2) is 5.16 Å². The number of aliphatic hydroxyl groups is 1. The van der Waals surface area contributed by atoms with Crippen molar-refractivity contribution in [3.8, 4) is 0 Å². The zero-order valence-electron chi connectivity index (χ0n) is 11.1. The molecule has 0 spiro atoms. The molecule has 19 heavy (non-hydrogen) atoms. The van der Waals surface area contributed by atoms with Crippen molar-refractivity contribution in [3.05, 3.63) is 6.07 Å². The molecule has 1 aliphatic carbocycles. The molecule has 6 nitrogen and oxygen atoms in total. The summed E-state index contributed by atoms with van der Waals surface area (Å²) in [5, 5.41) is 13.5. The van der Waals surface area contributed by atoms with Crippen LogP contribution in [0.2, 0.25) is 0 Å². The van der Waals surface area contributed by atoms with Crippen LogP contribution in [0.4, 0.5) is 11.6 Å². The van der Waals surface area contributed by atoms with Gasteiger partial charge in [-0.15, -0.1) is 0 Å². The molecule has 1 aromatic rings. The fraction of sp³-hybridized carbons (Fsp3) is 0.667. The van der Waals surface area contributed by atoms with Gasteiger partial charge in [0.2, 0.25) is 0 Å². The first kappa shape index (κ1) is 14.4. The average molecular weight is 283 g/mol. The molecule has 1 aromatic heterocycles. The first-order valence-corrected chi connectivity index (χ1v) is 7.75. The number of nitrogens with two attached hydrogens (primary N) is 1. The van der Waals surface area contributed by atoms with Crippen molar-refractivity contribution < 1.29 is 5.11 Å². The maximum Gasteiger partial charge on any atom is 0.191 e. The summed E-state index contributed by atoms with van der Waals surface area (Å²) in [7, 11) is 0. The number of anilines is 2. The Morgan fingerprint density at radius 2 is 2.00 bits per heavy atom. The Morgan fingerprint density at radius 1 is 1.32 bits per heavy atom. The summed E-state index contributed by atoms with van der Waals surface area (Å²) in [6, 6.07) is 1.80. The van der Waals surface area contributed by atoms with E-state index in [2.05, 4.69) is 20.7 Å². The van der Waals surface area contributed by atoms with Gasteiger partial charge in [-0.2, -0.15) is 0 Å². The molecule has 1 saturated carbocycles. The van der Waals surface area contributed by atoms with Gasteiger partial charge in [-0.05, 0) is 37.9 Å². The quantitative estimate of drug-likeness (QED) is 0.281. The standard InChI is InChI=1S/C12H21N5OS/c1-19-12-15-10(6-11(16-12)17-13)14-7-8-2-4-9(18)5-3-8/h6,8-9,18H,2-5,7,13H2,1H3,(H2,14,15,16,17). The molecule has 0 aromatic carbocycles. The van der Waals surface area contributed by atoms with E-state index < -0.39 is 0 Å². The van der Waals surface area contributed by atoms with Crippen LogP contribution in [0.3, 0.4) is 0 Å². The van der Waals surface area contributed by atoms with Crippen LogP contribution in [0.25, 0.3) is 0 Å². The Morgan fingerprint density at radius 3 is 2.63 bits per heavy atom. The zero-order valence-corrected chi connectivity index (χ0v) is 11.9. The van der Waals surface area contributed by atoms with E-state index in [1.807, 2.05) is 6.26 Å². The number of nitrogen functional groups attached to an aromatic ring is 1. The number of hydrogen-bond acceptors (Lipinski definition) is 7. The summed E-state index contributed by atoms with van der Waals surface area (Å²) < 4.78 is 0. The highest BCUT2D eigenvalue weighted by molar-refractivity contribution is 7.98. The van der Waals surface area contributed by atoms with Crippen LogP contribution in [0.5, 0.6) is 0 Å². The van der Waals surface area contributed by atoms with E-state index in [-0.39, 0.29) is 6.10 Å². The maximum atomic E-state index is 9.48. The average Bonchev–Trinajstić information content (AvgIpc) is 2.46. The minimum atomic E-state index is -0.105. The number of nitrogens with one attached hydrogen (secondary N) is 2. The van der Waals surface area contributed by atoms with Crippen molar-refractivity contribution in [2.75, 3.05) is 23.5 Å². The monoisotopic (exact) mass is 283 g/mol. The Balaban J connectivity index is 1.91. The Bertz CT molecular complexity index is 387. The second-order valence-electron chi connectivity index (χ2n) is 4.82. The molecule has 0 aliphatic heterocycles. The smallest absolute Gasteiger partial charge is 0.191 e. The van der Waals surface area contributed by atoms with Crippen LogP contribution < -0.4 is 16.6 Å². The molecule has 106 valence electrons. The Hall–Kier alpha value is -1.05. The van der Waals surface area contributed by atoms with Gasteiger partial charge < -0.3 is 15.8 Å². The number of hydrazine groups is 1. The van der Waals surface area contributed by atoms with E-state index in [1.54, 1.807) is 6.07 Å². The van der Waals surface area contributed by atoms with Crippen molar-refractivity contribution in [1.29, 1.82) is 0 Å². The maximum absolute atomic E-state index is 9.48. The molecule has 1 heterocycles. The molecule has 0 saturated heterocycles. The van der Waals surface area contributed by atoms with Gasteiger partial charge in [0, 0.05) is 12.6 Å². The molecule has 5 N–H and O–H groups in total. The molecule has 2 rings (SSSR count). The van der Waals surface area contributed by atoms with E-state index in [1.165, 1.54) is 11.8 Å². The second kappa shape index (κ2) is 6.93. The van der Waals surface area contributed by atoms with Gasteiger partial charge in [-0.1, -0.05) is 11.8 Å². The van der Waals surface area contributed by atoms with Crippen LogP contribution in [-0.4, -0.2) is 34.0 Å². The highest BCUT2D eigenvalue weighted by atomic mass is 32.2. The number of thioether (sulfide) groups is 1. The lowest BCUT2D eigenvalue weighted by atomic mass is 9.87. The Kier molecular flexibility index (Phi) is 5.24. The summed E-state index contributed by atoms with van der Waals surface area (Å²) >= 11 is 1.48. The summed E-state index contributed by atoms with van der Waals surface area (Å²) in [6.07, 6.45) is 5.77. The molecule has 0 atom stereocenters. The van der Waals surface area contributed by atoms with Gasteiger partial charge in [-0.3, -0.25) is 0 Å². The highest BCUT2D eigenvalue weighted by Crippen LogP contribution is 2.25. The number of aromatic nitrogens is 2. The van der Waals surface area contributed by atoms with Crippen molar-refractivity contribution in [2.24, 2.45) is 11.8 Å². The largest absolute Gasteiger partial charge is 0.393 e. The van der Waals surface area contributed by atoms with Gasteiger partial charge >= 0.3 is 0 Å². The molecular formula is C12H21N5OS. The van der Waals surface area contributed by atoms with Crippen LogP contribution in [0.1, 0.15) is 25.7 Å². The fourth-order valence-corrected chi connectivity index (χ4v) is 2.66. The van der Waals surface area contributed by atoms with Crippen molar-refractivity contribution in [1.82, 2.24) is 9.97 Å². The van der Waals surface area contributed by atoms with Crippen LogP contribution in [-0.2, 0) is 0 Å². The third-order valence-corrected chi connectivity index (χ3v) is 3.97. The second-order valence-corrected chi connectivity index (χ2v) is 5.60. The number of aliphatic hydroxyl groups excluding tert-OH is 1. The molecule has 0 radical (unpaired) electrons. The molecule has 1 aliphatic rings. The lowest BCUT2D eigenvalue weighted by Crippen LogP contribution is -2.24. The van der Waals surface area contributed by atoms with Crippen molar-refractivity contribution in [3.63, 3.8) is 0 Å². The third kappa shape index (κ3) is 4.22. The van der Waals surface area contributed by atoms with Crippen molar-refractivity contribution >= 4 is 23.4 Å². The lowest BCUT2D eigenvalue weighted by molar-refractivity contribution is 0.111. The molecule has 0 bridgehead atoms. The zero-order chi connectivity index (χ0) is 13.7. The molecule has 1 fully saturated rings. The van der Waals surface area contributed by atoms with Gasteiger partial charge in [-0.25, -0.2) is 15.8 Å². The van der Waals surface area contributed by atoms with Crippen LogP contribution in [0.15, 0.2) is 11.2 Å². The van der Waals surface area contributed by atoms with E-state index in [0.717, 1.165) is 38.0 Å². The predicted molar refractivity (Wildman–Crippen MR) is 78.1 cm³/mol. The minimum absolute atomic E-state index is 0.105. The first-order chi connectivity index (χ1) is 9.21.